The summed E-state index contributed by atoms with van der Waals surface area (Å²) in [5, 5.41) is 0.118. The van der Waals surface area contributed by atoms with Crippen LogP contribution in [0.25, 0.3) is 5.57 Å². The van der Waals surface area contributed by atoms with Gasteiger partial charge in [-0.3, -0.25) is 4.79 Å². The fourth-order valence-electron chi connectivity index (χ4n) is 1.87. The molecule has 0 heterocycles. The molecular formula is C19H29FO3Si. The van der Waals surface area contributed by atoms with Gasteiger partial charge in [0.1, 0.15) is 5.82 Å². The lowest BCUT2D eigenvalue weighted by molar-refractivity contribution is -0.140. The molecule has 1 aromatic carbocycles. The van der Waals surface area contributed by atoms with Crippen molar-refractivity contribution >= 4 is 19.9 Å². The van der Waals surface area contributed by atoms with Crippen molar-refractivity contribution in [1.29, 1.82) is 0 Å². The highest BCUT2D eigenvalue weighted by atomic mass is 28.4. The highest BCUT2D eigenvalue weighted by molar-refractivity contribution is 6.74. The Hall–Kier alpha value is -1.46. The summed E-state index contributed by atoms with van der Waals surface area (Å²) in [5.74, 6) is -0.506. The van der Waals surface area contributed by atoms with E-state index in [0.717, 1.165) is 11.1 Å². The normalized spacial score (nSPS) is 13.0. The van der Waals surface area contributed by atoms with Gasteiger partial charge in [-0.2, -0.15) is 0 Å². The molecule has 1 rings (SSSR count). The molecule has 0 fully saturated rings. The molecule has 0 aromatic heterocycles. The van der Waals surface area contributed by atoms with E-state index in [1.54, 1.807) is 12.1 Å². The van der Waals surface area contributed by atoms with Crippen LogP contribution in [0.3, 0.4) is 0 Å². The minimum absolute atomic E-state index is 0.118. The fourth-order valence-corrected chi connectivity index (χ4v) is 2.81. The van der Waals surface area contributed by atoms with Crippen LogP contribution in [-0.4, -0.2) is 28.0 Å². The van der Waals surface area contributed by atoms with Crippen molar-refractivity contribution < 1.29 is 18.3 Å². The van der Waals surface area contributed by atoms with Crippen molar-refractivity contribution in [3.63, 3.8) is 0 Å². The average Bonchev–Trinajstić information content (AvgIpc) is 2.50. The van der Waals surface area contributed by atoms with Crippen LogP contribution in [0.1, 0.15) is 39.2 Å². The number of methoxy groups -OCH3 is 1. The Kier molecular flexibility index (Phi) is 7.36. The topological polar surface area (TPSA) is 35.5 Å². The molecule has 0 bridgehead atoms. The summed E-state index contributed by atoms with van der Waals surface area (Å²) >= 11 is 0. The lowest BCUT2D eigenvalue weighted by Crippen LogP contribution is -2.41. The van der Waals surface area contributed by atoms with Gasteiger partial charge in [0.15, 0.2) is 8.32 Å². The van der Waals surface area contributed by atoms with E-state index in [1.165, 1.54) is 19.2 Å². The minimum atomic E-state index is -1.89. The number of carbonyl (C=O) groups is 1. The SMILES string of the molecule is COC(=O)CC/C=C(\CO[Si](C)(C)C(C)(C)C)c1ccc(F)cc1. The Bertz CT molecular complexity index is 571. The van der Waals surface area contributed by atoms with Gasteiger partial charge in [0.2, 0.25) is 0 Å². The number of benzene rings is 1. The molecule has 5 heteroatoms. The molecule has 3 nitrogen and oxygen atoms in total. The maximum atomic E-state index is 13.2. The first-order valence-corrected chi connectivity index (χ1v) is 11.1. The number of ether oxygens (including phenoxy) is 1. The minimum Gasteiger partial charge on any atom is -0.469 e. The summed E-state index contributed by atoms with van der Waals surface area (Å²) < 4.78 is 24.1. The molecule has 0 atom stereocenters. The van der Waals surface area contributed by atoms with E-state index in [0.29, 0.717) is 19.4 Å². The second-order valence-corrected chi connectivity index (χ2v) is 12.2. The second-order valence-electron chi connectivity index (χ2n) is 7.40. The number of halogens is 1. The van der Waals surface area contributed by atoms with Crippen LogP contribution < -0.4 is 0 Å². The first kappa shape index (κ1) is 20.6. The molecule has 0 N–H and O–H groups in total. The van der Waals surface area contributed by atoms with Gasteiger partial charge in [0, 0.05) is 6.42 Å². The third-order valence-corrected chi connectivity index (χ3v) is 9.05. The monoisotopic (exact) mass is 352 g/mol. The molecule has 1 aromatic rings. The third kappa shape index (κ3) is 6.21. The molecule has 0 amide bonds. The molecule has 0 spiro atoms. The second kappa shape index (κ2) is 8.58. The van der Waals surface area contributed by atoms with Gasteiger partial charge in [-0.25, -0.2) is 4.39 Å². The Morgan fingerprint density at radius 1 is 1.21 bits per heavy atom. The van der Waals surface area contributed by atoms with E-state index in [2.05, 4.69) is 38.6 Å². The van der Waals surface area contributed by atoms with Crippen LogP contribution in [0.15, 0.2) is 30.3 Å². The Balaban J connectivity index is 2.91. The smallest absolute Gasteiger partial charge is 0.305 e. The summed E-state index contributed by atoms with van der Waals surface area (Å²) in [7, 11) is -0.503. The first-order valence-electron chi connectivity index (χ1n) is 8.22. The molecule has 0 saturated heterocycles. The van der Waals surface area contributed by atoms with Crippen molar-refractivity contribution in [1.82, 2.24) is 0 Å². The van der Waals surface area contributed by atoms with Gasteiger partial charge in [-0.15, -0.1) is 0 Å². The molecule has 24 heavy (non-hydrogen) atoms. The Morgan fingerprint density at radius 2 is 1.79 bits per heavy atom. The number of allylic oxidation sites excluding steroid dienone is 1. The van der Waals surface area contributed by atoms with Crippen molar-refractivity contribution in [2.24, 2.45) is 0 Å². The van der Waals surface area contributed by atoms with Crippen LogP contribution in [0.2, 0.25) is 18.1 Å². The predicted octanol–water partition coefficient (Wildman–Crippen LogP) is 5.18. The van der Waals surface area contributed by atoms with E-state index >= 15 is 0 Å². The van der Waals surface area contributed by atoms with Crippen LogP contribution in [-0.2, 0) is 14.0 Å². The largest absolute Gasteiger partial charge is 0.469 e. The molecule has 0 aliphatic heterocycles. The molecule has 0 saturated carbocycles. The summed E-state index contributed by atoms with van der Waals surface area (Å²) in [5.41, 5.74) is 1.89. The lowest BCUT2D eigenvalue weighted by atomic mass is 10.0. The Labute approximate surface area is 146 Å². The van der Waals surface area contributed by atoms with Gasteiger partial charge in [0.25, 0.3) is 0 Å². The standard InChI is InChI=1S/C19H29FO3Si/c1-19(2,3)24(5,6)23-14-16(8-7-9-18(21)22-4)15-10-12-17(20)13-11-15/h8,10-13H,7,9,14H2,1-6H3/b16-8+. The molecular weight excluding hydrogens is 323 g/mol. The number of carbonyl (C=O) groups excluding carboxylic acids is 1. The van der Waals surface area contributed by atoms with E-state index in [1.807, 2.05) is 6.08 Å². The fraction of sp³-hybridized carbons (Fsp3) is 0.526. The van der Waals surface area contributed by atoms with Crippen molar-refractivity contribution in [2.45, 2.75) is 51.7 Å². The summed E-state index contributed by atoms with van der Waals surface area (Å²) in [6.45, 7) is 11.4. The number of hydrogen-bond donors (Lipinski definition) is 0. The van der Waals surface area contributed by atoms with E-state index < -0.39 is 8.32 Å². The molecule has 134 valence electrons. The van der Waals surface area contributed by atoms with Crippen LogP contribution in [0, 0.1) is 5.82 Å². The van der Waals surface area contributed by atoms with Crippen molar-refractivity contribution in [3.05, 3.63) is 41.7 Å². The van der Waals surface area contributed by atoms with Gasteiger partial charge < -0.3 is 9.16 Å². The quantitative estimate of drug-likeness (QED) is 0.501. The predicted molar refractivity (Wildman–Crippen MR) is 98.8 cm³/mol. The zero-order chi connectivity index (χ0) is 18.4. The Morgan fingerprint density at radius 3 is 2.29 bits per heavy atom. The molecule has 0 radical (unpaired) electrons. The summed E-state index contributed by atoms with van der Waals surface area (Å²) in [4.78, 5) is 11.3. The van der Waals surface area contributed by atoms with Crippen molar-refractivity contribution in [3.8, 4) is 0 Å². The highest BCUT2D eigenvalue weighted by Crippen LogP contribution is 2.37. The van der Waals surface area contributed by atoms with Gasteiger partial charge in [0.05, 0.1) is 13.7 Å². The van der Waals surface area contributed by atoms with Crippen LogP contribution in [0.5, 0.6) is 0 Å². The zero-order valence-electron chi connectivity index (χ0n) is 15.6. The van der Waals surface area contributed by atoms with E-state index in [-0.39, 0.29) is 16.8 Å². The first-order chi connectivity index (χ1) is 11.1. The van der Waals surface area contributed by atoms with Crippen molar-refractivity contribution in [2.75, 3.05) is 13.7 Å². The number of rotatable bonds is 7. The third-order valence-electron chi connectivity index (χ3n) is 4.58. The molecule has 0 unspecified atom stereocenters. The maximum absolute atomic E-state index is 13.2. The highest BCUT2D eigenvalue weighted by Gasteiger charge is 2.37. The summed E-state index contributed by atoms with van der Waals surface area (Å²) in [6, 6.07) is 6.37. The maximum Gasteiger partial charge on any atom is 0.305 e. The molecule has 0 aliphatic carbocycles. The summed E-state index contributed by atoms with van der Waals surface area (Å²) in [6.07, 6.45) is 2.87. The van der Waals surface area contributed by atoms with E-state index in [9.17, 15) is 9.18 Å². The average molecular weight is 353 g/mol. The number of hydrogen-bond acceptors (Lipinski definition) is 3. The van der Waals surface area contributed by atoms with E-state index in [4.69, 9.17) is 4.43 Å². The van der Waals surface area contributed by atoms with Gasteiger partial charge in [-0.1, -0.05) is 39.0 Å². The zero-order valence-corrected chi connectivity index (χ0v) is 16.6. The number of esters is 1. The van der Waals surface area contributed by atoms with Crippen LogP contribution in [0.4, 0.5) is 4.39 Å². The van der Waals surface area contributed by atoms with Gasteiger partial charge >= 0.3 is 5.97 Å². The van der Waals surface area contributed by atoms with Gasteiger partial charge in [-0.05, 0) is 47.8 Å². The lowest BCUT2D eigenvalue weighted by Gasteiger charge is -2.36. The molecule has 0 aliphatic rings. The van der Waals surface area contributed by atoms with Crippen LogP contribution >= 0.6 is 0 Å².